The topological polar surface area (TPSA) is 43.4 Å². The van der Waals surface area contributed by atoms with Crippen LogP contribution >= 0.6 is 11.6 Å². The summed E-state index contributed by atoms with van der Waals surface area (Å²) in [6.07, 6.45) is 6.08. The number of rotatable bonds is 4. The Labute approximate surface area is 141 Å². The molecule has 0 aromatic heterocycles. The van der Waals surface area contributed by atoms with Crippen LogP contribution in [0.1, 0.15) is 42.5 Å². The van der Waals surface area contributed by atoms with Crippen molar-refractivity contribution in [1.29, 1.82) is 0 Å². The molecule has 0 aliphatic heterocycles. The van der Waals surface area contributed by atoms with E-state index in [0.717, 1.165) is 11.8 Å². The zero-order valence-corrected chi connectivity index (χ0v) is 13.8. The van der Waals surface area contributed by atoms with Gasteiger partial charge in [0.15, 0.2) is 12.4 Å². The number of esters is 1. The quantitative estimate of drug-likeness (QED) is 0.615. The molecule has 4 bridgehead atoms. The van der Waals surface area contributed by atoms with Crippen molar-refractivity contribution in [3.63, 3.8) is 0 Å². The van der Waals surface area contributed by atoms with Gasteiger partial charge in [-0.25, -0.2) is 0 Å². The third-order valence-electron chi connectivity index (χ3n) is 6.01. The molecule has 4 aliphatic rings. The second-order valence-electron chi connectivity index (χ2n) is 7.49. The molecule has 0 heterocycles. The summed E-state index contributed by atoms with van der Waals surface area (Å²) in [5, 5.41) is 0.590. The van der Waals surface area contributed by atoms with Crippen LogP contribution in [0, 0.1) is 29.6 Å². The van der Waals surface area contributed by atoms with Gasteiger partial charge in [-0.05, 0) is 80.0 Å². The van der Waals surface area contributed by atoms with Crippen molar-refractivity contribution in [2.24, 2.45) is 29.6 Å². The normalized spacial score (nSPS) is 34.4. The Kier molecular flexibility index (Phi) is 3.92. The standard InChI is InChI=1S/C19H21ClO3/c20-16-3-1-13(2-4-16)17(21)10-23-19(22)18-14-6-11-5-12(8-14)9-15(18)7-11/h1-4,11-12,14-15,18H,5-10H2. The predicted octanol–water partition coefficient (Wildman–Crippen LogP) is 4.14. The average Bonchev–Trinajstić information content (AvgIpc) is 2.52. The lowest BCUT2D eigenvalue weighted by Gasteiger charge is -2.53. The summed E-state index contributed by atoms with van der Waals surface area (Å²) in [7, 11) is 0. The molecular formula is C19H21ClO3. The van der Waals surface area contributed by atoms with E-state index in [1.807, 2.05) is 0 Å². The fraction of sp³-hybridized carbons (Fsp3) is 0.579. The Morgan fingerprint density at radius 1 is 0.957 bits per heavy atom. The molecule has 1 aromatic carbocycles. The van der Waals surface area contributed by atoms with E-state index in [1.54, 1.807) is 24.3 Å². The van der Waals surface area contributed by atoms with Crippen LogP contribution in [0.15, 0.2) is 24.3 Å². The fourth-order valence-electron chi connectivity index (χ4n) is 5.26. The number of hydrogen-bond acceptors (Lipinski definition) is 3. The zero-order valence-electron chi connectivity index (χ0n) is 13.0. The number of Topliss-reactive ketones (excluding diaryl/α,β-unsaturated/α-hetero) is 1. The molecule has 23 heavy (non-hydrogen) atoms. The Bertz CT molecular complexity index is 594. The molecule has 4 fully saturated rings. The molecule has 1 aromatic rings. The molecule has 3 nitrogen and oxygen atoms in total. The van der Waals surface area contributed by atoms with Gasteiger partial charge in [0.25, 0.3) is 0 Å². The SMILES string of the molecule is O=C(COC(=O)C1C2CC3CC(C2)CC1C3)c1ccc(Cl)cc1. The average molecular weight is 333 g/mol. The van der Waals surface area contributed by atoms with Gasteiger partial charge < -0.3 is 4.74 Å². The van der Waals surface area contributed by atoms with Crippen molar-refractivity contribution in [3.05, 3.63) is 34.9 Å². The maximum absolute atomic E-state index is 12.5. The molecule has 122 valence electrons. The summed E-state index contributed by atoms with van der Waals surface area (Å²) in [4.78, 5) is 24.7. The van der Waals surface area contributed by atoms with Crippen LogP contribution < -0.4 is 0 Å². The molecule has 0 saturated heterocycles. The van der Waals surface area contributed by atoms with Crippen molar-refractivity contribution < 1.29 is 14.3 Å². The minimum Gasteiger partial charge on any atom is -0.457 e. The van der Waals surface area contributed by atoms with Gasteiger partial charge in [0.2, 0.25) is 0 Å². The molecule has 0 N–H and O–H groups in total. The molecular weight excluding hydrogens is 312 g/mol. The lowest BCUT2D eigenvalue weighted by atomic mass is 9.52. The van der Waals surface area contributed by atoms with Crippen molar-refractivity contribution >= 4 is 23.4 Å². The summed E-state index contributed by atoms with van der Waals surface area (Å²) in [6.45, 7) is -0.163. The molecule has 4 heteroatoms. The van der Waals surface area contributed by atoms with E-state index in [0.29, 0.717) is 22.4 Å². The second-order valence-corrected chi connectivity index (χ2v) is 7.93. The smallest absolute Gasteiger partial charge is 0.309 e. The van der Waals surface area contributed by atoms with Gasteiger partial charge in [0.1, 0.15) is 0 Å². The summed E-state index contributed by atoms with van der Waals surface area (Å²) >= 11 is 5.82. The van der Waals surface area contributed by atoms with Crippen LogP contribution in [0.4, 0.5) is 0 Å². The van der Waals surface area contributed by atoms with Crippen molar-refractivity contribution in [1.82, 2.24) is 0 Å². The van der Waals surface area contributed by atoms with E-state index in [4.69, 9.17) is 16.3 Å². The van der Waals surface area contributed by atoms with E-state index in [2.05, 4.69) is 0 Å². The van der Waals surface area contributed by atoms with Crippen LogP contribution in [0.2, 0.25) is 5.02 Å². The van der Waals surface area contributed by atoms with Gasteiger partial charge in [-0.2, -0.15) is 0 Å². The number of ketones is 1. The van der Waals surface area contributed by atoms with Gasteiger partial charge in [0, 0.05) is 10.6 Å². The maximum atomic E-state index is 12.5. The minimum atomic E-state index is -0.168. The molecule has 0 amide bonds. The lowest BCUT2D eigenvalue weighted by molar-refractivity contribution is -0.161. The van der Waals surface area contributed by atoms with Crippen molar-refractivity contribution in [2.75, 3.05) is 6.61 Å². The molecule has 4 aliphatic carbocycles. The first-order chi connectivity index (χ1) is 11.1. The Morgan fingerprint density at radius 3 is 2.09 bits per heavy atom. The van der Waals surface area contributed by atoms with Crippen LogP contribution in [-0.2, 0) is 9.53 Å². The predicted molar refractivity (Wildman–Crippen MR) is 87.3 cm³/mol. The minimum absolute atomic E-state index is 0.0285. The Balaban J connectivity index is 1.37. The van der Waals surface area contributed by atoms with Gasteiger partial charge >= 0.3 is 5.97 Å². The number of ether oxygens (including phenoxy) is 1. The van der Waals surface area contributed by atoms with Crippen LogP contribution in [0.5, 0.6) is 0 Å². The Morgan fingerprint density at radius 2 is 1.52 bits per heavy atom. The highest BCUT2D eigenvalue weighted by molar-refractivity contribution is 6.30. The highest BCUT2D eigenvalue weighted by Gasteiger charge is 2.51. The van der Waals surface area contributed by atoms with Crippen LogP contribution in [0.3, 0.4) is 0 Å². The zero-order chi connectivity index (χ0) is 16.0. The van der Waals surface area contributed by atoms with E-state index < -0.39 is 0 Å². The summed E-state index contributed by atoms with van der Waals surface area (Å²) < 4.78 is 5.39. The highest BCUT2D eigenvalue weighted by atomic mass is 35.5. The van der Waals surface area contributed by atoms with E-state index in [-0.39, 0.29) is 24.3 Å². The summed E-state index contributed by atoms with van der Waals surface area (Å²) in [6, 6.07) is 6.69. The van der Waals surface area contributed by atoms with Gasteiger partial charge in [0.05, 0.1) is 5.92 Å². The maximum Gasteiger partial charge on any atom is 0.309 e. The van der Waals surface area contributed by atoms with E-state index in [1.165, 1.54) is 32.1 Å². The van der Waals surface area contributed by atoms with Gasteiger partial charge in [-0.1, -0.05) is 11.6 Å². The second kappa shape index (κ2) is 5.94. The first kappa shape index (κ1) is 15.2. The fourth-order valence-corrected chi connectivity index (χ4v) is 5.39. The first-order valence-electron chi connectivity index (χ1n) is 8.55. The largest absolute Gasteiger partial charge is 0.457 e. The first-order valence-corrected chi connectivity index (χ1v) is 8.93. The molecule has 0 radical (unpaired) electrons. The van der Waals surface area contributed by atoms with Crippen LogP contribution in [0.25, 0.3) is 0 Å². The Hall–Kier alpha value is -1.35. The highest BCUT2D eigenvalue weighted by Crippen LogP contribution is 2.56. The third kappa shape index (κ3) is 2.91. The monoisotopic (exact) mass is 332 g/mol. The summed E-state index contributed by atoms with van der Waals surface area (Å²) in [5.74, 6) is 2.35. The molecule has 5 rings (SSSR count). The molecule has 0 unspecified atom stereocenters. The van der Waals surface area contributed by atoms with Gasteiger partial charge in [-0.15, -0.1) is 0 Å². The summed E-state index contributed by atoms with van der Waals surface area (Å²) in [5.41, 5.74) is 0.535. The molecule has 0 atom stereocenters. The number of benzene rings is 1. The number of hydrogen-bond donors (Lipinski definition) is 0. The lowest BCUT2D eigenvalue weighted by Crippen LogP contribution is -2.48. The number of carbonyl (C=O) groups excluding carboxylic acids is 2. The molecule has 4 saturated carbocycles. The van der Waals surface area contributed by atoms with E-state index in [9.17, 15) is 9.59 Å². The number of halogens is 1. The van der Waals surface area contributed by atoms with Crippen molar-refractivity contribution in [2.45, 2.75) is 32.1 Å². The third-order valence-corrected chi connectivity index (χ3v) is 6.26. The molecule has 0 spiro atoms. The van der Waals surface area contributed by atoms with E-state index >= 15 is 0 Å². The van der Waals surface area contributed by atoms with Crippen molar-refractivity contribution in [3.8, 4) is 0 Å². The number of carbonyl (C=O) groups is 2. The van der Waals surface area contributed by atoms with Crippen LogP contribution in [-0.4, -0.2) is 18.4 Å². The van der Waals surface area contributed by atoms with Gasteiger partial charge in [-0.3, -0.25) is 9.59 Å².